The van der Waals surface area contributed by atoms with Gasteiger partial charge in [-0.25, -0.2) is 0 Å². The summed E-state index contributed by atoms with van der Waals surface area (Å²) in [7, 11) is -4.44. The van der Waals surface area contributed by atoms with Crippen molar-refractivity contribution in [3.8, 4) is 11.8 Å². The van der Waals surface area contributed by atoms with Gasteiger partial charge in [-0.2, -0.15) is 0 Å². The van der Waals surface area contributed by atoms with Crippen molar-refractivity contribution < 1.29 is 23.1 Å². The van der Waals surface area contributed by atoms with Gasteiger partial charge in [0.25, 0.3) is 8.32 Å². The van der Waals surface area contributed by atoms with Gasteiger partial charge in [-0.05, 0) is 57.5 Å². The van der Waals surface area contributed by atoms with Crippen LogP contribution in [0.3, 0.4) is 0 Å². The van der Waals surface area contributed by atoms with E-state index in [2.05, 4.69) is 147 Å². The van der Waals surface area contributed by atoms with Crippen LogP contribution >= 0.6 is 0 Å². The van der Waals surface area contributed by atoms with Crippen LogP contribution in [0.1, 0.15) is 74.7 Å². The van der Waals surface area contributed by atoms with Crippen molar-refractivity contribution in [2.24, 2.45) is 11.3 Å². The average molecular weight is 677 g/mol. The normalized spacial score (nSPS) is 21.7. The molecule has 2 atom stereocenters. The first-order valence-electron chi connectivity index (χ1n) is 17.5. The molecule has 0 amide bonds. The third-order valence-electron chi connectivity index (χ3n) is 10.9. The fourth-order valence-electron chi connectivity index (χ4n) is 6.62. The molecular formula is C40H60O5Si2. The van der Waals surface area contributed by atoms with E-state index in [1.54, 1.807) is 0 Å². The SMILES string of the molecule is C[C@@H]1CC2(C=C(COCC#CCCCO[Si](c3ccccc3)(c3ccccc3)C(C)(C)C)[C@@]1(C)CO[Si](C)(C)C(C)(C)C)OCCO2. The lowest BCUT2D eigenvalue weighted by Gasteiger charge is -2.48. The number of rotatable bonds is 12. The lowest BCUT2D eigenvalue weighted by molar-refractivity contribution is -0.147. The van der Waals surface area contributed by atoms with Gasteiger partial charge in [0.2, 0.25) is 0 Å². The van der Waals surface area contributed by atoms with Crippen LogP contribution in [0.2, 0.25) is 23.2 Å². The van der Waals surface area contributed by atoms with Gasteiger partial charge in [0.15, 0.2) is 14.1 Å². The van der Waals surface area contributed by atoms with Crippen LogP contribution in [-0.2, 0) is 23.1 Å². The topological polar surface area (TPSA) is 46.2 Å². The summed E-state index contributed by atoms with van der Waals surface area (Å²) in [5.41, 5.74) is 1.03. The Labute approximate surface area is 288 Å². The van der Waals surface area contributed by atoms with Gasteiger partial charge in [0.1, 0.15) is 6.61 Å². The molecule has 2 aliphatic rings. The van der Waals surface area contributed by atoms with E-state index >= 15 is 0 Å². The maximum Gasteiger partial charge on any atom is 0.261 e. The Bertz CT molecular complexity index is 1340. The standard InChI is InChI=1S/C40H60O5Si2/c1-33-29-40(42-27-28-43-40)30-34(39(33,8)32-45-46(9,10)37(2,3)4)31-41-25-19-11-12-20-26-44-47(38(5,6)7,35-21-15-13-16-22-35)36-23-17-14-18-24-36/h13-18,21-24,30,33H,12,20,25-29,31-32H2,1-10H3/t33-,39+/m1/s1. The molecule has 1 spiro atoms. The second kappa shape index (κ2) is 15.2. The smallest absolute Gasteiger partial charge is 0.261 e. The number of hydrogen-bond donors (Lipinski definition) is 0. The molecule has 47 heavy (non-hydrogen) atoms. The van der Waals surface area contributed by atoms with Crippen molar-refractivity contribution in [1.82, 2.24) is 0 Å². The molecule has 0 bridgehead atoms. The first kappa shape index (κ1) is 37.8. The molecule has 1 heterocycles. The number of benzene rings is 2. The molecule has 4 rings (SSSR count). The van der Waals surface area contributed by atoms with Crippen molar-refractivity contribution in [2.45, 2.75) is 104 Å². The quantitative estimate of drug-likeness (QED) is 0.0985. The summed E-state index contributed by atoms with van der Waals surface area (Å²) in [4.78, 5) is 0. The highest BCUT2D eigenvalue weighted by atomic mass is 28.4. The van der Waals surface area contributed by atoms with Crippen molar-refractivity contribution in [2.75, 3.05) is 39.6 Å². The van der Waals surface area contributed by atoms with E-state index < -0.39 is 22.4 Å². The molecule has 5 nitrogen and oxygen atoms in total. The van der Waals surface area contributed by atoms with Gasteiger partial charge in [-0.1, -0.05) is 122 Å². The molecule has 0 aromatic heterocycles. The van der Waals surface area contributed by atoms with Gasteiger partial charge < -0.3 is 23.1 Å². The average Bonchev–Trinajstić information content (AvgIpc) is 3.47. The van der Waals surface area contributed by atoms with Gasteiger partial charge >= 0.3 is 0 Å². The van der Waals surface area contributed by atoms with E-state index in [1.165, 1.54) is 15.9 Å². The Kier molecular flexibility index (Phi) is 12.3. The molecular weight excluding hydrogens is 617 g/mol. The zero-order valence-electron chi connectivity index (χ0n) is 30.8. The molecule has 0 N–H and O–H groups in total. The summed E-state index contributed by atoms with van der Waals surface area (Å²) in [6, 6.07) is 21.6. The zero-order chi connectivity index (χ0) is 34.4. The second-order valence-electron chi connectivity index (χ2n) is 16.2. The van der Waals surface area contributed by atoms with E-state index in [-0.39, 0.29) is 15.5 Å². The maximum atomic E-state index is 7.02. The molecule has 1 fully saturated rings. The third kappa shape index (κ3) is 8.59. The maximum absolute atomic E-state index is 7.02. The lowest BCUT2D eigenvalue weighted by atomic mass is 9.66. The zero-order valence-corrected chi connectivity index (χ0v) is 32.8. The molecule has 1 aliphatic carbocycles. The Hall–Kier alpha value is -2.03. The second-order valence-corrected chi connectivity index (χ2v) is 25.3. The Balaban J connectivity index is 1.37. The van der Waals surface area contributed by atoms with Crippen molar-refractivity contribution in [1.29, 1.82) is 0 Å². The minimum Gasteiger partial charge on any atom is -0.416 e. The summed E-state index contributed by atoms with van der Waals surface area (Å²) in [5, 5.41) is 2.74. The largest absolute Gasteiger partial charge is 0.416 e. The van der Waals surface area contributed by atoms with Crippen LogP contribution in [-0.4, -0.2) is 62.1 Å². The molecule has 0 radical (unpaired) electrons. The molecule has 1 aliphatic heterocycles. The van der Waals surface area contributed by atoms with E-state index in [0.29, 0.717) is 45.6 Å². The number of hydrogen-bond acceptors (Lipinski definition) is 5. The van der Waals surface area contributed by atoms with Crippen molar-refractivity contribution >= 4 is 27.0 Å². The van der Waals surface area contributed by atoms with Gasteiger partial charge in [-0.15, -0.1) is 5.92 Å². The van der Waals surface area contributed by atoms with E-state index in [9.17, 15) is 0 Å². The Morgan fingerprint density at radius 2 is 1.40 bits per heavy atom. The molecule has 258 valence electrons. The van der Waals surface area contributed by atoms with E-state index in [1.807, 2.05) is 0 Å². The predicted octanol–water partition coefficient (Wildman–Crippen LogP) is 8.10. The third-order valence-corrected chi connectivity index (χ3v) is 20.4. The first-order chi connectivity index (χ1) is 22.1. The summed E-state index contributed by atoms with van der Waals surface area (Å²) in [6.07, 6.45) is 4.65. The Morgan fingerprint density at radius 1 is 0.830 bits per heavy atom. The number of unbranched alkanes of at least 4 members (excludes halogenated alkanes) is 1. The van der Waals surface area contributed by atoms with Gasteiger partial charge in [0.05, 0.1) is 19.8 Å². The van der Waals surface area contributed by atoms with Crippen LogP contribution in [0.5, 0.6) is 0 Å². The van der Waals surface area contributed by atoms with E-state index in [4.69, 9.17) is 23.1 Å². The summed E-state index contributed by atoms with van der Waals surface area (Å²) < 4.78 is 32.3. The predicted molar refractivity (Wildman–Crippen MR) is 199 cm³/mol. The van der Waals surface area contributed by atoms with Crippen LogP contribution in [0.25, 0.3) is 0 Å². The number of ether oxygens (including phenoxy) is 3. The molecule has 2 aromatic carbocycles. The summed E-state index contributed by atoms with van der Waals surface area (Å²) in [6.45, 7) is 26.5. The first-order valence-corrected chi connectivity index (χ1v) is 22.3. The molecule has 0 saturated carbocycles. The molecule has 1 saturated heterocycles. The van der Waals surface area contributed by atoms with Crippen LogP contribution in [0.15, 0.2) is 72.3 Å². The highest BCUT2D eigenvalue weighted by molar-refractivity contribution is 6.99. The highest BCUT2D eigenvalue weighted by Gasteiger charge is 2.51. The van der Waals surface area contributed by atoms with Crippen LogP contribution in [0.4, 0.5) is 0 Å². The summed E-state index contributed by atoms with van der Waals surface area (Å²) in [5.74, 6) is 6.27. The highest BCUT2D eigenvalue weighted by Crippen LogP contribution is 2.49. The fraction of sp³-hybridized carbons (Fsp3) is 0.600. The minimum absolute atomic E-state index is 0.0299. The fourth-order valence-corrected chi connectivity index (χ4v) is 12.3. The van der Waals surface area contributed by atoms with Crippen molar-refractivity contribution in [3.63, 3.8) is 0 Å². The summed E-state index contributed by atoms with van der Waals surface area (Å²) >= 11 is 0. The van der Waals surface area contributed by atoms with Crippen LogP contribution in [0, 0.1) is 23.2 Å². The van der Waals surface area contributed by atoms with Gasteiger partial charge in [-0.3, -0.25) is 0 Å². The molecule has 0 unspecified atom stereocenters. The minimum atomic E-state index is -2.52. The van der Waals surface area contributed by atoms with E-state index in [0.717, 1.165) is 19.3 Å². The molecule has 7 heteroatoms. The monoisotopic (exact) mass is 676 g/mol. The van der Waals surface area contributed by atoms with Crippen LogP contribution < -0.4 is 10.4 Å². The van der Waals surface area contributed by atoms with Gasteiger partial charge in [0, 0.05) is 31.5 Å². The Morgan fingerprint density at radius 3 is 1.94 bits per heavy atom. The molecule has 2 aromatic rings. The van der Waals surface area contributed by atoms with Crippen molar-refractivity contribution in [3.05, 3.63) is 72.3 Å². The lowest BCUT2D eigenvalue weighted by Crippen LogP contribution is -2.66.